The minimum Gasteiger partial charge on any atom is -0.463 e. The minimum atomic E-state index is -0.606. The van der Waals surface area contributed by atoms with Gasteiger partial charge in [-0.25, -0.2) is 9.78 Å². The van der Waals surface area contributed by atoms with Gasteiger partial charge in [0.1, 0.15) is 16.4 Å². The van der Waals surface area contributed by atoms with E-state index in [0.29, 0.717) is 32.2 Å². The molecule has 3 aromatic heterocycles. The maximum Gasteiger partial charge on any atom is 0.373 e. The molecule has 3 heterocycles. The first kappa shape index (κ1) is 20.5. The number of carbonyl (C=O) groups excluding carboxylic acids is 2. The van der Waals surface area contributed by atoms with Crippen LogP contribution in [0, 0.1) is 13.8 Å². The fourth-order valence-electron chi connectivity index (χ4n) is 3.43. The van der Waals surface area contributed by atoms with Crippen molar-refractivity contribution < 1.29 is 18.7 Å². The average Bonchev–Trinajstić information content (AvgIpc) is 3.34. The molecule has 2 N–H and O–H groups in total. The number of benzene rings is 1. The Hall–Kier alpha value is -3.72. The van der Waals surface area contributed by atoms with Crippen LogP contribution < -0.4 is 11.3 Å². The van der Waals surface area contributed by atoms with Gasteiger partial charge >= 0.3 is 5.97 Å². The Balaban J connectivity index is 1.95. The Labute approximate surface area is 180 Å². The van der Waals surface area contributed by atoms with Crippen molar-refractivity contribution in [2.45, 2.75) is 20.4 Å². The van der Waals surface area contributed by atoms with E-state index < -0.39 is 11.9 Å². The van der Waals surface area contributed by atoms with E-state index in [1.807, 2.05) is 31.2 Å². The molecule has 31 heavy (non-hydrogen) atoms. The van der Waals surface area contributed by atoms with Crippen molar-refractivity contribution in [3.8, 4) is 11.4 Å². The largest absolute Gasteiger partial charge is 0.463 e. The highest BCUT2D eigenvalue weighted by Crippen LogP contribution is 2.29. The zero-order valence-corrected chi connectivity index (χ0v) is 17.9. The van der Waals surface area contributed by atoms with Crippen LogP contribution in [0.5, 0.6) is 0 Å². The maximum absolute atomic E-state index is 13.5. The van der Waals surface area contributed by atoms with E-state index in [2.05, 4.69) is 4.74 Å². The number of amides is 1. The zero-order valence-electron chi connectivity index (χ0n) is 17.1. The first-order chi connectivity index (χ1) is 14.8. The second-order valence-corrected chi connectivity index (χ2v) is 8.05. The summed E-state index contributed by atoms with van der Waals surface area (Å²) in [6.45, 7) is 3.67. The number of methoxy groups -OCH3 is 1. The van der Waals surface area contributed by atoms with Gasteiger partial charge < -0.3 is 14.9 Å². The smallest absolute Gasteiger partial charge is 0.373 e. The number of fused-ring (bicyclic) bond motifs is 1. The lowest BCUT2D eigenvalue weighted by Crippen LogP contribution is -2.24. The number of primary amides is 1. The van der Waals surface area contributed by atoms with Crippen LogP contribution in [0.4, 0.5) is 0 Å². The summed E-state index contributed by atoms with van der Waals surface area (Å²) in [5.74, 6) is -0.349. The molecule has 0 spiro atoms. The van der Waals surface area contributed by atoms with E-state index >= 15 is 0 Å². The molecule has 0 saturated heterocycles. The molecule has 0 atom stereocenters. The Kier molecular flexibility index (Phi) is 5.20. The van der Waals surface area contributed by atoms with E-state index in [4.69, 9.17) is 15.1 Å². The summed E-state index contributed by atoms with van der Waals surface area (Å²) in [6, 6.07) is 10.7. The molecular formula is C22H19N3O5S. The molecule has 0 fully saturated rings. The van der Waals surface area contributed by atoms with Gasteiger partial charge in [-0.15, -0.1) is 11.3 Å². The van der Waals surface area contributed by atoms with Crippen molar-refractivity contribution in [3.05, 3.63) is 74.3 Å². The summed E-state index contributed by atoms with van der Waals surface area (Å²) in [4.78, 5) is 42.5. The quantitative estimate of drug-likeness (QED) is 0.479. The molecule has 0 aliphatic heterocycles. The number of furan rings is 1. The van der Waals surface area contributed by atoms with Crippen molar-refractivity contribution in [2.75, 3.05) is 7.11 Å². The highest BCUT2D eigenvalue weighted by molar-refractivity contribution is 7.20. The first-order valence-corrected chi connectivity index (χ1v) is 10.2. The van der Waals surface area contributed by atoms with E-state index in [9.17, 15) is 14.4 Å². The van der Waals surface area contributed by atoms with Crippen LogP contribution in [-0.2, 0) is 11.3 Å². The van der Waals surface area contributed by atoms with E-state index in [1.165, 1.54) is 17.7 Å². The number of carbonyl (C=O) groups is 2. The monoisotopic (exact) mass is 437 g/mol. The molecule has 4 aromatic rings. The van der Waals surface area contributed by atoms with Gasteiger partial charge in [-0.2, -0.15) is 0 Å². The lowest BCUT2D eigenvalue weighted by molar-refractivity contribution is 0.0562. The second-order valence-electron chi connectivity index (χ2n) is 7.05. The van der Waals surface area contributed by atoms with Crippen molar-refractivity contribution in [1.82, 2.24) is 9.55 Å². The SMILES string of the molecule is COC(=O)c1ccc(Cn2c(-c3cccc(C)c3)nc3sc(C(N)=O)c(C)c3c2=O)o1. The topological polar surface area (TPSA) is 117 Å². The molecule has 0 aliphatic rings. The number of ether oxygens (including phenoxy) is 1. The molecule has 158 valence electrons. The number of hydrogen-bond donors (Lipinski definition) is 1. The van der Waals surface area contributed by atoms with Gasteiger partial charge in [0.05, 0.1) is 23.9 Å². The maximum atomic E-state index is 13.5. The van der Waals surface area contributed by atoms with Gasteiger partial charge in [0.25, 0.3) is 11.5 Å². The van der Waals surface area contributed by atoms with Crippen LogP contribution in [-0.4, -0.2) is 28.5 Å². The molecule has 4 rings (SSSR count). The third-order valence-corrected chi connectivity index (χ3v) is 6.11. The minimum absolute atomic E-state index is 0.0411. The van der Waals surface area contributed by atoms with Gasteiger partial charge in [-0.05, 0) is 37.6 Å². The summed E-state index contributed by atoms with van der Waals surface area (Å²) < 4.78 is 11.7. The Morgan fingerprint density at radius 2 is 2.00 bits per heavy atom. The predicted molar refractivity (Wildman–Crippen MR) is 116 cm³/mol. The van der Waals surface area contributed by atoms with Crippen LogP contribution in [0.2, 0.25) is 0 Å². The lowest BCUT2D eigenvalue weighted by Gasteiger charge is -2.12. The molecule has 0 unspecified atom stereocenters. The van der Waals surface area contributed by atoms with Gasteiger partial charge in [-0.1, -0.05) is 23.8 Å². The number of esters is 1. The van der Waals surface area contributed by atoms with E-state index in [1.54, 1.807) is 13.0 Å². The van der Waals surface area contributed by atoms with Gasteiger partial charge in [-0.3, -0.25) is 14.2 Å². The highest BCUT2D eigenvalue weighted by Gasteiger charge is 2.22. The van der Waals surface area contributed by atoms with Crippen molar-refractivity contribution >= 4 is 33.4 Å². The first-order valence-electron chi connectivity index (χ1n) is 9.38. The molecule has 0 aliphatic carbocycles. The number of hydrogen-bond acceptors (Lipinski definition) is 7. The van der Waals surface area contributed by atoms with Gasteiger partial charge in [0.2, 0.25) is 5.76 Å². The van der Waals surface area contributed by atoms with Crippen LogP contribution in [0.15, 0.2) is 45.6 Å². The fourth-order valence-corrected chi connectivity index (χ4v) is 4.46. The van der Waals surface area contributed by atoms with Crippen molar-refractivity contribution in [2.24, 2.45) is 5.73 Å². The summed E-state index contributed by atoms with van der Waals surface area (Å²) in [7, 11) is 1.26. The third kappa shape index (κ3) is 3.64. The molecule has 8 nitrogen and oxygen atoms in total. The molecule has 9 heteroatoms. The van der Waals surface area contributed by atoms with Gasteiger partial charge in [0.15, 0.2) is 0 Å². The summed E-state index contributed by atoms with van der Waals surface area (Å²) >= 11 is 1.10. The highest BCUT2D eigenvalue weighted by atomic mass is 32.1. The molecule has 0 radical (unpaired) electrons. The Morgan fingerprint density at radius 3 is 2.68 bits per heavy atom. The van der Waals surface area contributed by atoms with Crippen LogP contribution in [0.1, 0.15) is 37.1 Å². The summed E-state index contributed by atoms with van der Waals surface area (Å²) in [5, 5.41) is 0.343. The standard InChI is InChI=1S/C22H19N3O5S/c1-11-5-4-6-13(9-11)19-24-20-16(12(2)17(31-20)18(23)26)21(27)25(19)10-14-7-8-15(30-14)22(28)29-3/h4-9H,10H2,1-3H3,(H2,23,26). The third-order valence-electron chi connectivity index (χ3n) is 4.91. The number of nitrogens with two attached hydrogens (primary N) is 1. The lowest BCUT2D eigenvalue weighted by atomic mass is 10.1. The van der Waals surface area contributed by atoms with Crippen molar-refractivity contribution in [1.29, 1.82) is 0 Å². The molecule has 1 amide bonds. The molecule has 0 bridgehead atoms. The summed E-state index contributed by atoms with van der Waals surface area (Å²) in [6.07, 6.45) is 0. The van der Waals surface area contributed by atoms with E-state index in [-0.39, 0.29) is 17.9 Å². The molecule has 1 aromatic carbocycles. The second kappa shape index (κ2) is 7.84. The van der Waals surface area contributed by atoms with E-state index in [0.717, 1.165) is 22.5 Å². The number of aromatic nitrogens is 2. The Morgan fingerprint density at radius 1 is 1.23 bits per heavy atom. The zero-order chi connectivity index (χ0) is 22.3. The number of rotatable bonds is 5. The van der Waals surface area contributed by atoms with Crippen LogP contribution in [0.25, 0.3) is 21.6 Å². The van der Waals surface area contributed by atoms with Gasteiger partial charge in [0, 0.05) is 5.56 Å². The normalized spacial score (nSPS) is 11.1. The Bertz CT molecular complexity index is 1400. The molecular weight excluding hydrogens is 418 g/mol. The van der Waals surface area contributed by atoms with Crippen molar-refractivity contribution in [3.63, 3.8) is 0 Å². The van der Waals surface area contributed by atoms with Crippen LogP contribution in [0.3, 0.4) is 0 Å². The van der Waals surface area contributed by atoms with Crippen LogP contribution >= 0.6 is 11.3 Å². The molecule has 0 saturated carbocycles. The fraction of sp³-hybridized carbons (Fsp3) is 0.182. The summed E-state index contributed by atoms with van der Waals surface area (Å²) in [5.41, 5.74) is 7.41. The number of aryl methyl sites for hydroxylation is 2. The number of nitrogens with zero attached hydrogens (tertiary/aromatic N) is 2. The predicted octanol–water partition coefficient (Wildman–Crippen LogP) is 3.27. The number of thiophene rings is 1. The average molecular weight is 437 g/mol.